The van der Waals surface area contributed by atoms with Gasteiger partial charge < -0.3 is 5.73 Å². The van der Waals surface area contributed by atoms with Gasteiger partial charge in [0.15, 0.2) is 0 Å². The molecule has 0 aliphatic heterocycles. The summed E-state index contributed by atoms with van der Waals surface area (Å²) in [6.45, 7) is 5.90. The van der Waals surface area contributed by atoms with Crippen molar-refractivity contribution in [3.05, 3.63) is 63.6 Å². The zero-order valence-electron chi connectivity index (χ0n) is 12.3. The molecule has 2 nitrogen and oxygen atoms in total. The standard InChI is InChI=1S/C17H20Cl2N2/c1-12(2)21(11-14-5-3-4-6-17(14)20)10-13-7-8-15(18)9-16(13)19/h3-9,12H,10-11,20H2,1-2H3. The molecule has 112 valence electrons. The van der Waals surface area contributed by atoms with Crippen LogP contribution in [-0.4, -0.2) is 10.9 Å². The van der Waals surface area contributed by atoms with Crippen molar-refractivity contribution in [3.63, 3.8) is 0 Å². The molecule has 0 aliphatic carbocycles. The Bertz CT molecular complexity index is 611. The Labute approximate surface area is 136 Å². The molecule has 0 aromatic heterocycles. The summed E-state index contributed by atoms with van der Waals surface area (Å²) in [5.74, 6) is 0. The summed E-state index contributed by atoms with van der Waals surface area (Å²) in [6.07, 6.45) is 0. The van der Waals surface area contributed by atoms with E-state index in [-0.39, 0.29) is 0 Å². The Morgan fingerprint density at radius 1 is 1.00 bits per heavy atom. The minimum atomic E-state index is 0.386. The lowest BCUT2D eigenvalue weighted by atomic mass is 10.1. The van der Waals surface area contributed by atoms with E-state index in [0.29, 0.717) is 16.1 Å². The zero-order valence-corrected chi connectivity index (χ0v) is 13.8. The molecule has 0 spiro atoms. The monoisotopic (exact) mass is 322 g/mol. The Morgan fingerprint density at radius 2 is 1.67 bits per heavy atom. The number of nitrogens with two attached hydrogens (primary N) is 1. The number of hydrogen-bond donors (Lipinski definition) is 1. The minimum Gasteiger partial charge on any atom is -0.398 e. The number of nitrogen functional groups attached to an aromatic ring is 1. The second-order valence-corrected chi connectivity index (χ2v) is 6.28. The summed E-state index contributed by atoms with van der Waals surface area (Å²) in [6, 6.07) is 14.0. The Hall–Kier alpha value is -1.22. The Morgan fingerprint density at radius 3 is 2.29 bits per heavy atom. The van der Waals surface area contributed by atoms with Crippen LogP contribution in [0.15, 0.2) is 42.5 Å². The van der Waals surface area contributed by atoms with Crippen LogP contribution in [-0.2, 0) is 13.1 Å². The van der Waals surface area contributed by atoms with E-state index in [9.17, 15) is 0 Å². The highest BCUT2D eigenvalue weighted by Crippen LogP contribution is 2.24. The number of para-hydroxylation sites is 1. The highest BCUT2D eigenvalue weighted by molar-refractivity contribution is 6.35. The van der Waals surface area contributed by atoms with Gasteiger partial charge in [0.2, 0.25) is 0 Å². The number of rotatable bonds is 5. The lowest BCUT2D eigenvalue weighted by Crippen LogP contribution is -2.30. The maximum absolute atomic E-state index is 6.28. The maximum Gasteiger partial charge on any atom is 0.0465 e. The fourth-order valence-electron chi connectivity index (χ4n) is 2.19. The number of halogens is 2. The first-order valence-electron chi connectivity index (χ1n) is 6.98. The highest BCUT2D eigenvalue weighted by atomic mass is 35.5. The topological polar surface area (TPSA) is 29.3 Å². The smallest absolute Gasteiger partial charge is 0.0465 e. The summed E-state index contributed by atoms with van der Waals surface area (Å²) in [5.41, 5.74) is 9.08. The number of anilines is 1. The molecular weight excluding hydrogens is 303 g/mol. The summed E-state index contributed by atoms with van der Waals surface area (Å²) < 4.78 is 0. The molecule has 0 amide bonds. The normalized spacial score (nSPS) is 11.3. The molecule has 0 bridgehead atoms. The first kappa shape index (κ1) is 16.2. The molecule has 2 aromatic carbocycles. The summed E-state index contributed by atoms with van der Waals surface area (Å²) >= 11 is 12.2. The first-order valence-corrected chi connectivity index (χ1v) is 7.74. The van der Waals surface area contributed by atoms with Crippen LogP contribution < -0.4 is 5.73 Å². The van der Waals surface area contributed by atoms with E-state index in [1.165, 1.54) is 0 Å². The first-order chi connectivity index (χ1) is 9.97. The fourth-order valence-corrected chi connectivity index (χ4v) is 2.66. The van der Waals surface area contributed by atoms with Crippen molar-refractivity contribution in [1.82, 2.24) is 4.90 Å². The van der Waals surface area contributed by atoms with Gasteiger partial charge in [-0.15, -0.1) is 0 Å². The van der Waals surface area contributed by atoms with E-state index in [0.717, 1.165) is 29.9 Å². The van der Waals surface area contributed by atoms with E-state index in [2.05, 4.69) is 24.8 Å². The van der Waals surface area contributed by atoms with Crippen LogP contribution in [0.1, 0.15) is 25.0 Å². The van der Waals surface area contributed by atoms with Crippen molar-refractivity contribution in [1.29, 1.82) is 0 Å². The van der Waals surface area contributed by atoms with E-state index in [1.807, 2.05) is 30.3 Å². The second kappa shape index (κ2) is 7.17. The van der Waals surface area contributed by atoms with Crippen molar-refractivity contribution in [3.8, 4) is 0 Å². The molecule has 0 saturated carbocycles. The van der Waals surface area contributed by atoms with Gasteiger partial charge in [-0.05, 0) is 43.2 Å². The largest absolute Gasteiger partial charge is 0.398 e. The summed E-state index contributed by atoms with van der Waals surface area (Å²) in [4.78, 5) is 2.33. The van der Waals surface area contributed by atoms with Gasteiger partial charge in [-0.3, -0.25) is 4.90 Å². The molecular formula is C17H20Cl2N2. The van der Waals surface area contributed by atoms with E-state index < -0.39 is 0 Å². The maximum atomic E-state index is 6.28. The lowest BCUT2D eigenvalue weighted by molar-refractivity contribution is 0.204. The third-order valence-electron chi connectivity index (χ3n) is 3.55. The van der Waals surface area contributed by atoms with Crippen LogP contribution in [0.5, 0.6) is 0 Å². The molecule has 0 unspecified atom stereocenters. The van der Waals surface area contributed by atoms with Gasteiger partial charge in [-0.25, -0.2) is 0 Å². The third-order valence-corrected chi connectivity index (χ3v) is 4.13. The van der Waals surface area contributed by atoms with E-state index in [1.54, 1.807) is 6.07 Å². The fraction of sp³-hybridized carbons (Fsp3) is 0.294. The van der Waals surface area contributed by atoms with Gasteiger partial charge >= 0.3 is 0 Å². The molecule has 0 radical (unpaired) electrons. The van der Waals surface area contributed by atoms with Crippen molar-refractivity contribution in [2.45, 2.75) is 33.0 Å². The number of hydrogen-bond acceptors (Lipinski definition) is 2. The Balaban J connectivity index is 2.18. The molecule has 4 heteroatoms. The molecule has 0 aliphatic rings. The van der Waals surface area contributed by atoms with Gasteiger partial charge in [0.25, 0.3) is 0 Å². The molecule has 0 saturated heterocycles. The third kappa shape index (κ3) is 4.37. The van der Waals surface area contributed by atoms with E-state index in [4.69, 9.17) is 28.9 Å². The van der Waals surface area contributed by atoms with Gasteiger partial charge in [0.1, 0.15) is 0 Å². The van der Waals surface area contributed by atoms with Gasteiger partial charge in [0, 0.05) is 34.9 Å². The average Bonchev–Trinajstić information content (AvgIpc) is 2.42. The Kier molecular flexibility index (Phi) is 5.51. The molecule has 0 atom stereocenters. The van der Waals surface area contributed by atoms with Crippen molar-refractivity contribution < 1.29 is 0 Å². The van der Waals surface area contributed by atoms with Crippen LogP contribution >= 0.6 is 23.2 Å². The second-order valence-electron chi connectivity index (χ2n) is 5.43. The van der Waals surface area contributed by atoms with Gasteiger partial charge in [-0.2, -0.15) is 0 Å². The van der Waals surface area contributed by atoms with E-state index >= 15 is 0 Å². The van der Waals surface area contributed by atoms with Crippen molar-refractivity contribution >= 4 is 28.9 Å². The quantitative estimate of drug-likeness (QED) is 0.786. The molecule has 0 heterocycles. The van der Waals surface area contributed by atoms with Crippen molar-refractivity contribution in [2.24, 2.45) is 0 Å². The highest BCUT2D eigenvalue weighted by Gasteiger charge is 2.14. The van der Waals surface area contributed by atoms with Crippen LogP contribution in [0.2, 0.25) is 10.0 Å². The van der Waals surface area contributed by atoms with Crippen molar-refractivity contribution in [2.75, 3.05) is 5.73 Å². The lowest BCUT2D eigenvalue weighted by Gasteiger charge is -2.27. The SMILES string of the molecule is CC(C)N(Cc1ccccc1N)Cc1ccc(Cl)cc1Cl. The molecule has 2 N–H and O–H groups in total. The predicted octanol–water partition coefficient (Wildman–Crippen LogP) is 4.99. The zero-order chi connectivity index (χ0) is 15.4. The number of nitrogens with zero attached hydrogens (tertiary/aromatic N) is 1. The molecule has 0 fully saturated rings. The summed E-state index contributed by atoms with van der Waals surface area (Å²) in [7, 11) is 0. The molecule has 21 heavy (non-hydrogen) atoms. The predicted molar refractivity (Wildman–Crippen MR) is 91.7 cm³/mol. The van der Waals surface area contributed by atoms with Crippen LogP contribution in [0.25, 0.3) is 0 Å². The van der Waals surface area contributed by atoms with Gasteiger partial charge in [-0.1, -0.05) is 47.5 Å². The molecule has 2 aromatic rings. The number of benzene rings is 2. The van der Waals surface area contributed by atoms with Crippen LogP contribution in [0, 0.1) is 0 Å². The average molecular weight is 323 g/mol. The van der Waals surface area contributed by atoms with Crippen LogP contribution in [0.4, 0.5) is 5.69 Å². The van der Waals surface area contributed by atoms with Gasteiger partial charge in [0.05, 0.1) is 0 Å². The van der Waals surface area contributed by atoms with Crippen LogP contribution in [0.3, 0.4) is 0 Å². The summed E-state index contributed by atoms with van der Waals surface area (Å²) in [5, 5.41) is 1.36. The molecule has 2 rings (SSSR count). The minimum absolute atomic E-state index is 0.386.